The SMILES string of the molecule is N#Cc1ccc(C(O)c2nccnc2Br)c(F)c1. The molecular weight excluding hydrogens is 301 g/mol. The number of hydrogen-bond acceptors (Lipinski definition) is 4. The highest BCUT2D eigenvalue weighted by Gasteiger charge is 2.19. The van der Waals surface area contributed by atoms with Crippen LogP contribution in [0.1, 0.15) is 22.9 Å². The van der Waals surface area contributed by atoms with E-state index in [9.17, 15) is 9.50 Å². The van der Waals surface area contributed by atoms with Crippen molar-refractivity contribution < 1.29 is 9.50 Å². The maximum atomic E-state index is 13.7. The van der Waals surface area contributed by atoms with E-state index in [1.54, 1.807) is 0 Å². The molecule has 90 valence electrons. The van der Waals surface area contributed by atoms with Crippen LogP contribution in [0.15, 0.2) is 35.2 Å². The van der Waals surface area contributed by atoms with Crippen LogP contribution in [0.4, 0.5) is 4.39 Å². The number of aliphatic hydroxyl groups is 1. The van der Waals surface area contributed by atoms with E-state index in [-0.39, 0.29) is 16.8 Å². The monoisotopic (exact) mass is 307 g/mol. The topological polar surface area (TPSA) is 69.8 Å². The molecule has 0 saturated carbocycles. The Balaban J connectivity index is 2.44. The van der Waals surface area contributed by atoms with Gasteiger partial charge in [-0.25, -0.2) is 9.37 Å². The van der Waals surface area contributed by atoms with Gasteiger partial charge in [0.25, 0.3) is 0 Å². The Bertz CT molecular complexity index is 627. The number of rotatable bonds is 2. The second-order valence-electron chi connectivity index (χ2n) is 3.48. The van der Waals surface area contributed by atoms with Gasteiger partial charge in [0.05, 0.1) is 11.6 Å². The fourth-order valence-corrected chi connectivity index (χ4v) is 1.92. The predicted octanol–water partition coefficient (Wildman–Crippen LogP) is 2.33. The molecule has 0 radical (unpaired) electrons. The van der Waals surface area contributed by atoms with Crippen LogP contribution in [0.3, 0.4) is 0 Å². The Kier molecular flexibility index (Phi) is 3.65. The van der Waals surface area contributed by atoms with Gasteiger partial charge in [-0.3, -0.25) is 4.98 Å². The number of benzene rings is 1. The summed E-state index contributed by atoms with van der Waals surface area (Å²) in [6.45, 7) is 0. The molecule has 1 N–H and O–H groups in total. The first-order chi connectivity index (χ1) is 8.63. The van der Waals surface area contributed by atoms with E-state index in [2.05, 4.69) is 25.9 Å². The lowest BCUT2D eigenvalue weighted by molar-refractivity contribution is 0.208. The lowest BCUT2D eigenvalue weighted by Gasteiger charge is -2.12. The van der Waals surface area contributed by atoms with Crippen molar-refractivity contribution in [3.05, 3.63) is 57.8 Å². The van der Waals surface area contributed by atoms with Crippen molar-refractivity contribution in [2.24, 2.45) is 0 Å². The van der Waals surface area contributed by atoms with Crippen molar-refractivity contribution >= 4 is 15.9 Å². The van der Waals surface area contributed by atoms with E-state index in [1.165, 1.54) is 24.5 Å². The molecule has 1 aromatic heterocycles. The summed E-state index contributed by atoms with van der Waals surface area (Å²) in [5.74, 6) is -0.654. The smallest absolute Gasteiger partial charge is 0.130 e. The summed E-state index contributed by atoms with van der Waals surface area (Å²) < 4.78 is 14.1. The maximum absolute atomic E-state index is 13.7. The minimum atomic E-state index is -1.24. The third-order valence-corrected chi connectivity index (χ3v) is 2.97. The van der Waals surface area contributed by atoms with Crippen molar-refractivity contribution in [2.75, 3.05) is 0 Å². The largest absolute Gasteiger partial charge is 0.382 e. The molecule has 18 heavy (non-hydrogen) atoms. The number of aromatic nitrogens is 2. The molecule has 2 aromatic rings. The van der Waals surface area contributed by atoms with Crippen LogP contribution in [-0.2, 0) is 0 Å². The highest BCUT2D eigenvalue weighted by atomic mass is 79.9. The minimum absolute atomic E-state index is 0.0511. The fourth-order valence-electron chi connectivity index (χ4n) is 1.48. The van der Waals surface area contributed by atoms with Gasteiger partial charge in [-0.05, 0) is 28.1 Å². The summed E-state index contributed by atoms with van der Waals surface area (Å²) in [4.78, 5) is 7.86. The minimum Gasteiger partial charge on any atom is -0.382 e. The Morgan fingerprint density at radius 2 is 2.06 bits per heavy atom. The molecule has 0 aliphatic heterocycles. The van der Waals surface area contributed by atoms with E-state index in [4.69, 9.17) is 5.26 Å². The van der Waals surface area contributed by atoms with E-state index >= 15 is 0 Å². The zero-order chi connectivity index (χ0) is 13.1. The average molecular weight is 308 g/mol. The summed E-state index contributed by atoms with van der Waals surface area (Å²) in [6.07, 6.45) is 1.63. The summed E-state index contributed by atoms with van der Waals surface area (Å²) in [7, 11) is 0. The number of halogens is 2. The molecular formula is C12H7BrFN3O. The molecule has 1 aromatic carbocycles. The molecule has 0 saturated heterocycles. The predicted molar refractivity (Wildman–Crippen MR) is 64.9 cm³/mol. The molecule has 0 fully saturated rings. The Hall–Kier alpha value is -1.84. The van der Waals surface area contributed by atoms with E-state index in [0.717, 1.165) is 6.07 Å². The van der Waals surface area contributed by atoms with Crippen molar-refractivity contribution in [1.82, 2.24) is 9.97 Å². The van der Waals surface area contributed by atoms with Crippen LogP contribution in [0.2, 0.25) is 0 Å². The number of nitriles is 1. The standard InChI is InChI=1S/C12H7BrFN3O/c13-12-10(16-3-4-17-12)11(18)8-2-1-7(6-15)5-9(8)14/h1-5,11,18H. The zero-order valence-electron chi connectivity index (χ0n) is 9.01. The molecule has 0 spiro atoms. The second kappa shape index (κ2) is 5.21. The first-order valence-corrected chi connectivity index (χ1v) is 5.77. The molecule has 6 heteroatoms. The van der Waals surface area contributed by atoms with Gasteiger partial charge in [-0.1, -0.05) is 6.07 Å². The lowest BCUT2D eigenvalue weighted by atomic mass is 10.0. The number of aliphatic hydroxyl groups excluding tert-OH is 1. The van der Waals surface area contributed by atoms with E-state index < -0.39 is 11.9 Å². The normalized spacial score (nSPS) is 11.9. The van der Waals surface area contributed by atoms with E-state index in [1.807, 2.05) is 6.07 Å². The Labute approximate surface area is 111 Å². The van der Waals surface area contributed by atoms with Crippen LogP contribution in [0.5, 0.6) is 0 Å². The summed E-state index contributed by atoms with van der Waals surface area (Å²) in [5.41, 5.74) is 0.470. The first-order valence-electron chi connectivity index (χ1n) is 4.97. The van der Waals surface area contributed by atoms with Gasteiger partial charge in [0.15, 0.2) is 0 Å². The molecule has 1 heterocycles. The Morgan fingerprint density at radius 1 is 1.33 bits per heavy atom. The van der Waals surface area contributed by atoms with Gasteiger partial charge >= 0.3 is 0 Å². The molecule has 0 bridgehead atoms. The van der Waals surface area contributed by atoms with Crippen molar-refractivity contribution in [2.45, 2.75) is 6.10 Å². The molecule has 1 unspecified atom stereocenters. The van der Waals surface area contributed by atoms with Gasteiger partial charge in [0.2, 0.25) is 0 Å². The molecule has 0 aliphatic carbocycles. The fraction of sp³-hybridized carbons (Fsp3) is 0.0833. The molecule has 0 amide bonds. The average Bonchev–Trinajstić information content (AvgIpc) is 2.38. The molecule has 4 nitrogen and oxygen atoms in total. The number of hydrogen-bond donors (Lipinski definition) is 1. The third kappa shape index (κ3) is 2.37. The van der Waals surface area contributed by atoms with Crippen LogP contribution in [-0.4, -0.2) is 15.1 Å². The molecule has 2 rings (SSSR count). The second-order valence-corrected chi connectivity index (χ2v) is 4.23. The quantitative estimate of drug-likeness (QED) is 0.924. The van der Waals surface area contributed by atoms with Gasteiger partial charge in [-0.2, -0.15) is 5.26 Å². The van der Waals surface area contributed by atoms with Gasteiger partial charge < -0.3 is 5.11 Å². The Morgan fingerprint density at radius 3 is 2.67 bits per heavy atom. The summed E-state index contributed by atoms with van der Waals surface area (Å²) >= 11 is 3.14. The van der Waals surface area contributed by atoms with Crippen molar-refractivity contribution in [3.8, 4) is 6.07 Å². The summed E-state index contributed by atoms with van der Waals surface area (Å²) in [6, 6.07) is 5.70. The summed E-state index contributed by atoms with van der Waals surface area (Å²) in [5, 5.41) is 18.7. The van der Waals surface area contributed by atoms with Crippen LogP contribution < -0.4 is 0 Å². The van der Waals surface area contributed by atoms with Crippen molar-refractivity contribution in [1.29, 1.82) is 5.26 Å². The van der Waals surface area contributed by atoms with Gasteiger partial charge in [0.1, 0.15) is 22.2 Å². The van der Waals surface area contributed by atoms with Crippen molar-refractivity contribution in [3.63, 3.8) is 0 Å². The third-order valence-electron chi connectivity index (χ3n) is 2.36. The molecule has 0 aliphatic rings. The van der Waals surface area contributed by atoms with Gasteiger partial charge in [0, 0.05) is 18.0 Å². The number of nitrogens with zero attached hydrogens (tertiary/aromatic N) is 3. The first kappa shape index (κ1) is 12.6. The highest BCUT2D eigenvalue weighted by Crippen LogP contribution is 2.27. The van der Waals surface area contributed by atoms with Crippen LogP contribution >= 0.6 is 15.9 Å². The van der Waals surface area contributed by atoms with Crippen LogP contribution in [0, 0.1) is 17.1 Å². The highest BCUT2D eigenvalue weighted by molar-refractivity contribution is 9.10. The molecule has 1 atom stereocenters. The lowest BCUT2D eigenvalue weighted by Crippen LogP contribution is -2.06. The zero-order valence-corrected chi connectivity index (χ0v) is 10.6. The van der Waals surface area contributed by atoms with E-state index in [0.29, 0.717) is 4.60 Å². The maximum Gasteiger partial charge on any atom is 0.130 e. The van der Waals surface area contributed by atoms with Gasteiger partial charge in [-0.15, -0.1) is 0 Å². The van der Waals surface area contributed by atoms with Crippen LogP contribution in [0.25, 0.3) is 0 Å².